The Labute approximate surface area is 77.5 Å². The SMILES string of the molecule is CC(F)OC(=O)C1CC2CCC1C2. The zero-order valence-electron chi connectivity index (χ0n) is 7.83. The summed E-state index contributed by atoms with van der Waals surface area (Å²) in [5.74, 6) is 0.868. The molecule has 2 saturated carbocycles. The Morgan fingerprint density at radius 2 is 2.23 bits per heavy atom. The van der Waals surface area contributed by atoms with Gasteiger partial charge in [0.25, 0.3) is 0 Å². The van der Waals surface area contributed by atoms with Gasteiger partial charge in [-0.15, -0.1) is 0 Å². The summed E-state index contributed by atoms with van der Waals surface area (Å²) in [6.45, 7) is 1.26. The summed E-state index contributed by atoms with van der Waals surface area (Å²) < 4.78 is 17.0. The summed E-state index contributed by atoms with van der Waals surface area (Å²) in [7, 11) is 0. The van der Waals surface area contributed by atoms with Crippen molar-refractivity contribution in [2.24, 2.45) is 17.8 Å². The zero-order chi connectivity index (χ0) is 9.42. The largest absolute Gasteiger partial charge is 0.431 e. The van der Waals surface area contributed by atoms with Crippen LogP contribution in [0.15, 0.2) is 0 Å². The van der Waals surface area contributed by atoms with Crippen LogP contribution in [-0.2, 0) is 9.53 Å². The van der Waals surface area contributed by atoms with Gasteiger partial charge in [0.05, 0.1) is 5.92 Å². The highest BCUT2D eigenvalue weighted by Crippen LogP contribution is 2.48. The first-order valence-corrected chi connectivity index (χ1v) is 5.01. The van der Waals surface area contributed by atoms with Crippen LogP contribution in [-0.4, -0.2) is 12.3 Å². The third-order valence-electron chi connectivity index (χ3n) is 3.32. The van der Waals surface area contributed by atoms with Crippen molar-refractivity contribution < 1.29 is 13.9 Å². The van der Waals surface area contributed by atoms with E-state index in [1.54, 1.807) is 0 Å². The smallest absolute Gasteiger partial charge is 0.311 e. The second-order valence-electron chi connectivity index (χ2n) is 4.26. The van der Waals surface area contributed by atoms with E-state index in [9.17, 15) is 9.18 Å². The van der Waals surface area contributed by atoms with Crippen molar-refractivity contribution in [1.29, 1.82) is 0 Å². The molecule has 0 spiro atoms. The number of fused-ring (bicyclic) bond motifs is 2. The molecule has 2 bridgehead atoms. The second-order valence-corrected chi connectivity index (χ2v) is 4.26. The zero-order valence-corrected chi connectivity index (χ0v) is 7.83. The number of rotatable bonds is 2. The molecule has 13 heavy (non-hydrogen) atoms. The fourth-order valence-corrected chi connectivity index (χ4v) is 2.78. The molecule has 0 amide bonds. The standard InChI is InChI=1S/C10H15FO2/c1-6(11)13-10(12)9-5-7-2-3-8(9)4-7/h6-9H,2-5H2,1H3. The predicted octanol–water partition coefficient (Wildman–Crippen LogP) is 2.28. The summed E-state index contributed by atoms with van der Waals surface area (Å²) in [6, 6.07) is 0. The Morgan fingerprint density at radius 1 is 1.46 bits per heavy atom. The molecule has 2 aliphatic rings. The lowest BCUT2D eigenvalue weighted by molar-refractivity contribution is -0.162. The molecule has 0 N–H and O–H groups in total. The van der Waals surface area contributed by atoms with Crippen molar-refractivity contribution in [3.63, 3.8) is 0 Å². The van der Waals surface area contributed by atoms with Crippen LogP contribution >= 0.6 is 0 Å². The number of alkyl halides is 1. The van der Waals surface area contributed by atoms with E-state index in [1.807, 2.05) is 0 Å². The summed E-state index contributed by atoms with van der Waals surface area (Å²) in [5, 5.41) is 0. The maximum atomic E-state index is 12.4. The lowest BCUT2D eigenvalue weighted by Gasteiger charge is -2.20. The van der Waals surface area contributed by atoms with Gasteiger partial charge < -0.3 is 4.74 Å². The van der Waals surface area contributed by atoms with E-state index in [4.69, 9.17) is 0 Å². The molecule has 2 rings (SSSR count). The van der Waals surface area contributed by atoms with Crippen LogP contribution in [0.4, 0.5) is 4.39 Å². The first-order chi connectivity index (χ1) is 6.16. The van der Waals surface area contributed by atoms with Gasteiger partial charge in [-0.2, -0.15) is 0 Å². The molecule has 74 valence electrons. The third kappa shape index (κ3) is 1.69. The molecule has 2 fully saturated rings. The van der Waals surface area contributed by atoms with Gasteiger partial charge in [-0.1, -0.05) is 6.42 Å². The lowest BCUT2D eigenvalue weighted by Crippen LogP contribution is -2.25. The molecule has 3 heteroatoms. The molecule has 0 saturated heterocycles. The van der Waals surface area contributed by atoms with Gasteiger partial charge in [-0.25, -0.2) is 4.39 Å². The molecule has 0 aromatic heterocycles. The number of carbonyl (C=O) groups is 1. The molecule has 0 aliphatic heterocycles. The summed E-state index contributed by atoms with van der Waals surface area (Å²) >= 11 is 0. The number of hydrogen-bond acceptors (Lipinski definition) is 2. The number of carbonyl (C=O) groups excluding carboxylic acids is 1. The Balaban J connectivity index is 1.91. The molecule has 4 atom stereocenters. The average molecular weight is 186 g/mol. The van der Waals surface area contributed by atoms with E-state index in [2.05, 4.69) is 4.74 Å². The maximum Gasteiger partial charge on any atom is 0.311 e. The van der Waals surface area contributed by atoms with Crippen LogP contribution in [0, 0.1) is 17.8 Å². The van der Waals surface area contributed by atoms with Gasteiger partial charge in [-0.3, -0.25) is 4.79 Å². The molecule has 0 radical (unpaired) electrons. The molecule has 0 aromatic carbocycles. The van der Waals surface area contributed by atoms with Gasteiger partial charge in [0.15, 0.2) is 0 Å². The first kappa shape index (κ1) is 8.97. The van der Waals surface area contributed by atoms with Crippen LogP contribution in [0.3, 0.4) is 0 Å². The summed E-state index contributed by atoms with van der Waals surface area (Å²) in [6.07, 6.45) is 3.01. The molecule has 0 aromatic rings. The van der Waals surface area contributed by atoms with Gasteiger partial charge in [0.1, 0.15) is 0 Å². The normalized spacial score (nSPS) is 39.1. The Kier molecular flexibility index (Phi) is 2.26. The van der Waals surface area contributed by atoms with Crippen molar-refractivity contribution in [3.05, 3.63) is 0 Å². The third-order valence-corrected chi connectivity index (χ3v) is 3.32. The van der Waals surface area contributed by atoms with E-state index in [1.165, 1.54) is 13.3 Å². The van der Waals surface area contributed by atoms with E-state index in [0.717, 1.165) is 19.3 Å². The molecule has 4 unspecified atom stereocenters. The van der Waals surface area contributed by atoms with E-state index in [-0.39, 0.29) is 11.9 Å². The van der Waals surface area contributed by atoms with E-state index in [0.29, 0.717) is 11.8 Å². The maximum absolute atomic E-state index is 12.4. The average Bonchev–Trinajstić information content (AvgIpc) is 2.62. The highest BCUT2D eigenvalue weighted by atomic mass is 19.1. The highest BCUT2D eigenvalue weighted by Gasteiger charge is 2.44. The fraction of sp³-hybridized carbons (Fsp3) is 0.900. The number of esters is 1. The molecular formula is C10H15FO2. The Morgan fingerprint density at radius 3 is 2.69 bits per heavy atom. The van der Waals surface area contributed by atoms with Gasteiger partial charge in [-0.05, 0) is 31.1 Å². The second kappa shape index (κ2) is 3.28. The lowest BCUT2D eigenvalue weighted by atomic mass is 9.89. The first-order valence-electron chi connectivity index (χ1n) is 5.01. The van der Waals surface area contributed by atoms with Gasteiger partial charge in [0, 0.05) is 6.92 Å². The minimum atomic E-state index is -1.45. The van der Waals surface area contributed by atoms with E-state index < -0.39 is 6.36 Å². The van der Waals surface area contributed by atoms with Crippen molar-refractivity contribution in [2.75, 3.05) is 0 Å². The fourth-order valence-electron chi connectivity index (χ4n) is 2.78. The molecular weight excluding hydrogens is 171 g/mol. The Bertz CT molecular complexity index is 215. The van der Waals surface area contributed by atoms with Crippen LogP contribution in [0.25, 0.3) is 0 Å². The molecule has 2 aliphatic carbocycles. The number of ether oxygens (including phenoxy) is 1. The topological polar surface area (TPSA) is 26.3 Å². The minimum Gasteiger partial charge on any atom is -0.431 e. The summed E-state index contributed by atoms with van der Waals surface area (Å²) in [4.78, 5) is 11.4. The Hall–Kier alpha value is -0.600. The summed E-state index contributed by atoms with van der Waals surface area (Å²) in [5.41, 5.74) is 0. The van der Waals surface area contributed by atoms with Crippen molar-refractivity contribution in [3.8, 4) is 0 Å². The van der Waals surface area contributed by atoms with E-state index >= 15 is 0 Å². The molecule has 0 heterocycles. The van der Waals surface area contributed by atoms with Crippen molar-refractivity contribution in [1.82, 2.24) is 0 Å². The van der Waals surface area contributed by atoms with Gasteiger partial charge in [0.2, 0.25) is 6.36 Å². The van der Waals surface area contributed by atoms with Crippen LogP contribution in [0.1, 0.15) is 32.6 Å². The number of hydrogen-bond donors (Lipinski definition) is 0. The molecule has 2 nitrogen and oxygen atoms in total. The predicted molar refractivity (Wildman–Crippen MR) is 45.6 cm³/mol. The van der Waals surface area contributed by atoms with Crippen LogP contribution in [0.2, 0.25) is 0 Å². The van der Waals surface area contributed by atoms with Crippen molar-refractivity contribution in [2.45, 2.75) is 39.0 Å². The number of halogens is 1. The van der Waals surface area contributed by atoms with Crippen LogP contribution < -0.4 is 0 Å². The monoisotopic (exact) mass is 186 g/mol. The van der Waals surface area contributed by atoms with Gasteiger partial charge >= 0.3 is 5.97 Å². The van der Waals surface area contributed by atoms with Crippen LogP contribution in [0.5, 0.6) is 0 Å². The minimum absolute atomic E-state index is 0.00282. The highest BCUT2D eigenvalue weighted by molar-refractivity contribution is 5.73. The quantitative estimate of drug-likeness (QED) is 0.618. The van der Waals surface area contributed by atoms with Crippen molar-refractivity contribution >= 4 is 5.97 Å².